The van der Waals surface area contributed by atoms with Crippen LogP contribution in [0.15, 0.2) is 42.5 Å². The molecule has 0 spiro atoms. The number of nitrogens with zero attached hydrogens (tertiary/aromatic N) is 1. The molecular formula is C10H8BrNO3. The maximum absolute atomic E-state index is 10.6. The van der Waals surface area contributed by atoms with Crippen molar-refractivity contribution in [2.75, 3.05) is 0 Å². The predicted molar refractivity (Wildman–Crippen MR) is 56.6 cm³/mol. The first-order chi connectivity index (χ1) is 7.25. The fourth-order valence-electron chi connectivity index (χ4n) is 1.26. The molecule has 0 unspecified atom stereocenters. The van der Waals surface area contributed by atoms with E-state index in [1.807, 2.05) is 24.3 Å². The van der Waals surface area contributed by atoms with Crippen molar-refractivity contribution in [1.82, 2.24) is 5.16 Å². The Kier molecular flexibility index (Phi) is 3.01. The molecule has 0 bridgehead atoms. The second kappa shape index (κ2) is 4.44. The van der Waals surface area contributed by atoms with Crippen molar-refractivity contribution in [3.63, 3.8) is 0 Å². The number of aryl methyl sites for hydroxylation is 2. The maximum atomic E-state index is 10.6. The zero-order chi connectivity index (χ0) is 10.7. The lowest BCUT2D eigenvalue weighted by Gasteiger charge is -2.00. The summed E-state index contributed by atoms with van der Waals surface area (Å²) in [6.45, 7) is 0. The molecule has 1 aromatic heterocycles. The largest absolute Gasteiger partial charge is 0.542 e. The number of hydrogen-bond acceptors (Lipinski definition) is 4. The molecule has 78 valence electrons. The summed E-state index contributed by atoms with van der Waals surface area (Å²) in [7, 11) is 0. The Labute approximate surface area is 94.0 Å². The molecule has 15 heavy (non-hydrogen) atoms. The van der Waals surface area contributed by atoms with Gasteiger partial charge in [-0.15, -0.1) is 0 Å². The monoisotopic (exact) mass is 269 g/mol. The van der Waals surface area contributed by atoms with Crippen molar-refractivity contribution in [2.24, 2.45) is 0 Å². The molecule has 0 fully saturated rings. The van der Waals surface area contributed by atoms with Crippen LogP contribution in [0.5, 0.6) is 0 Å². The molecular weight excluding hydrogens is 262 g/mol. The van der Waals surface area contributed by atoms with Gasteiger partial charge in [-0.2, -0.15) is 0 Å². The highest BCUT2D eigenvalue weighted by molar-refractivity contribution is 9.10. The van der Waals surface area contributed by atoms with E-state index in [0.29, 0.717) is 12.3 Å². The third-order valence-electron chi connectivity index (χ3n) is 1.99. The third-order valence-corrected chi connectivity index (χ3v) is 2.76. The number of benzene rings is 1. The van der Waals surface area contributed by atoms with Crippen LogP contribution < -0.4 is 5.82 Å². The van der Waals surface area contributed by atoms with E-state index >= 15 is 0 Å². The summed E-state index contributed by atoms with van der Waals surface area (Å²) in [5.74, 6) is -0.423. The summed E-state index contributed by atoms with van der Waals surface area (Å²) in [6, 6.07) is 7.87. The zero-order valence-corrected chi connectivity index (χ0v) is 9.36. The molecule has 1 heterocycles. The van der Waals surface area contributed by atoms with Crippen LogP contribution in [0, 0.1) is 0 Å². The SMILES string of the molecule is O=c1onc(CCc2ccccc2Br)o1. The standard InChI is InChI=1S/C10H8BrNO3/c11-8-4-2-1-3-7(8)5-6-9-12-15-10(13)14-9/h1-4H,5-6H2. The molecule has 0 aliphatic heterocycles. The first kappa shape index (κ1) is 10.2. The van der Waals surface area contributed by atoms with Crippen molar-refractivity contribution >= 4 is 15.9 Å². The van der Waals surface area contributed by atoms with Gasteiger partial charge in [0.2, 0.25) is 5.89 Å². The molecule has 0 aliphatic rings. The minimum absolute atomic E-state index is 0.329. The third kappa shape index (κ3) is 2.56. The van der Waals surface area contributed by atoms with Crippen molar-refractivity contribution in [3.05, 3.63) is 50.8 Å². The zero-order valence-electron chi connectivity index (χ0n) is 7.77. The first-order valence-electron chi connectivity index (χ1n) is 4.45. The van der Waals surface area contributed by atoms with E-state index < -0.39 is 5.82 Å². The smallest absolute Gasteiger partial charge is 0.375 e. The lowest BCUT2D eigenvalue weighted by Crippen LogP contribution is -1.93. The Bertz CT molecular complexity index is 503. The number of halogens is 1. The average Bonchev–Trinajstić information content (AvgIpc) is 2.63. The van der Waals surface area contributed by atoms with Crippen molar-refractivity contribution in [2.45, 2.75) is 12.8 Å². The van der Waals surface area contributed by atoms with Gasteiger partial charge in [-0.05, 0) is 23.2 Å². The van der Waals surface area contributed by atoms with Crippen LogP contribution in [0.25, 0.3) is 0 Å². The fourth-order valence-corrected chi connectivity index (χ4v) is 1.74. The Morgan fingerprint density at radius 2 is 2.07 bits per heavy atom. The van der Waals surface area contributed by atoms with Crippen LogP contribution in [0.1, 0.15) is 11.5 Å². The summed E-state index contributed by atoms with van der Waals surface area (Å²) in [5.41, 5.74) is 1.14. The van der Waals surface area contributed by atoms with E-state index in [1.54, 1.807) is 0 Å². The Balaban J connectivity index is 2.05. The normalized spacial score (nSPS) is 10.5. The van der Waals surface area contributed by atoms with Gasteiger partial charge in [-0.3, -0.25) is 4.52 Å². The van der Waals surface area contributed by atoms with E-state index in [0.717, 1.165) is 16.5 Å². The maximum Gasteiger partial charge on any atom is 0.542 e. The van der Waals surface area contributed by atoms with Gasteiger partial charge < -0.3 is 4.42 Å². The van der Waals surface area contributed by atoms with Gasteiger partial charge in [0.05, 0.1) is 0 Å². The van der Waals surface area contributed by atoms with Gasteiger partial charge in [0, 0.05) is 10.9 Å². The molecule has 0 aliphatic carbocycles. The van der Waals surface area contributed by atoms with Crippen molar-refractivity contribution < 1.29 is 8.94 Å². The highest BCUT2D eigenvalue weighted by Gasteiger charge is 2.05. The topological polar surface area (TPSA) is 56.2 Å². The highest BCUT2D eigenvalue weighted by Crippen LogP contribution is 2.17. The van der Waals surface area contributed by atoms with Crippen molar-refractivity contribution in [1.29, 1.82) is 0 Å². The van der Waals surface area contributed by atoms with Crippen LogP contribution in [-0.2, 0) is 12.8 Å². The van der Waals surface area contributed by atoms with E-state index in [2.05, 4.69) is 25.6 Å². The van der Waals surface area contributed by atoms with Crippen LogP contribution in [0.4, 0.5) is 0 Å². The van der Waals surface area contributed by atoms with Crippen LogP contribution in [0.3, 0.4) is 0 Å². The molecule has 2 aromatic rings. The molecule has 4 nitrogen and oxygen atoms in total. The van der Waals surface area contributed by atoms with Crippen LogP contribution in [-0.4, -0.2) is 5.16 Å². The van der Waals surface area contributed by atoms with Crippen molar-refractivity contribution in [3.8, 4) is 0 Å². The quantitative estimate of drug-likeness (QED) is 0.857. The van der Waals surface area contributed by atoms with Gasteiger partial charge >= 0.3 is 5.82 Å². The second-order valence-corrected chi connectivity index (χ2v) is 3.87. The first-order valence-corrected chi connectivity index (χ1v) is 5.24. The molecule has 0 saturated heterocycles. The highest BCUT2D eigenvalue weighted by atomic mass is 79.9. The van der Waals surface area contributed by atoms with Gasteiger partial charge in [0.1, 0.15) is 0 Å². The lowest BCUT2D eigenvalue weighted by atomic mass is 10.1. The minimum Gasteiger partial charge on any atom is -0.375 e. The van der Waals surface area contributed by atoms with Gasteiger partial charge in [-0.25, -0.2) is 4.79 Å². The summed E-state index contributed by atoms with van der Waals surface area (Å²) in [4.78, 5) is 10.6. The summed E-state index contributed by atoms with van der Waals surface area (Å²) < 4.78 is 10.0. The Hall–Kier alpha value is -1.36. The van der Waals surface area contributed by atoms with Gasteiger partial charge in [-0.1, -0.05) is 34.1 Å². The van der Waals surface area contributed by atoms with E-state index in [4.69, 9.17) is 4.42 Å². The Morgan fingerprint density at radius 3 is 2.73 bits per heavy atom. The Morgan fingerprint density at radius 1 is 1.27 bits per heavy atom. The molecule has 0 amide bonds. The van der Waals surface area contributed by atoms with Crippen LogP contribution in [0.2, 0.25) is 0 Å². The lowest BCUT2D eigenvalue weighted by molar-refractivity contribution is 0.334. The predicted octanol–water partition coefficient (Wildman–Crippen LogP) is 2.18. The second-order valence-electron chi connectivity index (χ2n) is 3.02. The summed E-state index contributed by atoms with van der Waals surface area (Å²) >= 11 is 3.44. The average molecular weight is 270 g/mol. The molecule has 0 radical (unpaired) electrons. The molecule has 5 heteroatoms. The van der Waals surface area contributed by atoms with Gasteiger partial charge in [0.25, 0.3) is 0 Å². The number of hydrogen-bond donors (Lipinski definition) is 0. The van der Waals surface area contributed by atoms with Gasteiger partial charge in [0.15, 0.2) is 0 Å². The van der Waals surface area contributed by atoms with Crippen LogP contribution >= 0.6 is 15.9 Å². The van der Waals surface area contributed by atoms with E-state index in [-0.39, 0.29) is 0 Å². The number of aromatic nitrogens is 1. The summed E-state index contributed by atoms with van der Waals surface area (Å²) in [6.07, 6.45) is 1.30. The molecule has 0 saturated carbocycles. The molecule has 1 aromatic carbocycles. The molecule has 0 atom stereocenters. The molecule has 0 N–H and O–H groups in total. The van der Waals surface area contributed by atoms with E-state index in [9.17, 15) is 4.79 Å². The van der Waals surface area contributed by atoms with E-state index in [1.165, 1.54) is 0 Å². The number of rotatable bonds is 3. The minimum atomic E-state index is -0.753. The fraction of sp³-hybridized carbons (Fsp3) is 0.200. The summed E-state index contributed by atoms with van der Waals surface area (Å²) in [5, 5.41) is 3.49. The molecule has 2 rings (SSSR count).